The van der Waals surface area contributed by atoms with Gasteiger partial charge in [-0.15, -0.1) is 0 Å². The number of ether oxygens (including phenoxy) is 1. The second kappa shape index (κ2) is 9.93. The first-order valence-electron chi connectivity index (χ1n) is 11.2. The van der Waals surface area contributed by atoms with Crippen molar-refractivity contribution >= 4 is 27.5 Å². The average Bonchev–Trinajstić information content (AvgIpc) is 3.40. The van der Waals surface area contributed by atoms with Crippen LogP contribution in [0.15, 0.2) is 53.4 Å². The molecule has 0 bridgehead atoms. The molecule has 0 unspecified atom stereocenters. The van der Waals surface area contributed by atoms with Gasteiger partial charge in [-0.25, -0.2) is 8.42 Å². The van der Waals surface area contributed by atoms with Crippen molar-refractivity contribution in [3.63, 3.8) is 0 Å². The molecule has 9 heteroatoms. The number of piperidine rings is 1. The summed E-state index contributed by atoms with van der Waals surface area (Å²) in [5.41, 5.74) is 0.996. The van der Waals surface area contributed by atoms with Gasteiger partial charge in [-0.3, -0.25) is 9.59 Å². The van der Waals surface area contributed by atoms with Crippen LogP contribution in [0.1, 0.15) is 36.0 Å². The molecule has 1 N–H and O–H groups in total. The summed E-state index contributed by atoms with van der Waals surface area (Å²) in [6.07, 6.45) is 3.04. The molecule has 2 saturated heterocycles. The first-order chi connectivity index (χ1) is 15.9. The summed E-state index contributed by atoms with van der Waals surface area (Å²) in [6, 6.07) is 13.7. The third kappa shape index (κ3) is 5.04. The zero-order chi connectivity index (χ0) is 23.4. The van der Waals surface area contributed by atoms with Gasteiger partial charge in [0.1, 0.15) is 10.6 Å². The smallest absolute Gasteiger partial charge is 0.253 e. The first kappa shape index (κ1) is 23.3. The Balaban J connectivity index is 1.52. The monoisotopic (exact) mass is 471 g/mol. The van der Waals surface area contributed by atoms with Crippen molar-refractivity contribution in [2.24, 2.45) is 5.92 Å². The number of methoxy groups -OCH3 is 1. The zero-order valence-corrected chi connectivity index (χ0v) is 19.5. The van der Waals surface area contributed by atoms with Crippen LogP contribution in [0, 0.1) is 5.92 Å². The lowest BCUT2D eigenvalue weighted by atomic mass is 9.96. The standard InChI is InChI=1S/C24H29N3O5S/c1-32-21-12-11-18(16-22(21)33(30,31)27-14-5-6-15-27)24(29)26-13-7-8-19(17-26)23(28)25-20-9-3-2-4-10-20/h2-4,9-12,16,19H,5-8,13-15,17H2,1H3,(H,25,28)/t19-/m0/s1. The molecule has 2 aliphatic heterocycles. The van der Waals surface area contributed by atoms with Crippen LogP contribution in [0.25, 0.3) is 0 Å². The Labute approximate surface area is 194 Å². The molecular formula is C24H29N3O5S. The molecule has 2 aliphatic rings. The first-order valence-corrected chi connectivity index (χ1v) is 12.7. The van der Waals surface area contributed by atoms with Crippen LogP contribution in [0.2, 0.25) is 0 Å². The van der Waals surface area contributed by atoms with Gasteiger partial charge in [0.25, 0.3) is 5.91 Å². The molecule has 0 radical (unpaired) electrons. The number of nitrogens with one attached hydrogen (secondary N) is 1. The predicted octanol–water partition coefficient (Wildman–Crippen LogP) is 2.97. The van der Waals surface area contributed by atoms with E-state index in [0.29, 0.717) is 32.5 Å². The molecule has 8 nitrogen and oxygen atoms in total. The average molecular weight is 472 g/mol. The maximum Gasteiger partial charge on any atom is 0.253 e. The van der Waals surface area contributed by atoms with Gasteiger partial charge in [0.15, 0.2) is 0 Å². The number of hydrogen-bond donors (Lipinski definition) is 1. The summed E-state index contributed by atoms with van der Waals surface area (Å²) in [5, 5.41) is 2.91. The van der Waals surface area contributed by atoms with E-state index in [9.17, 15) is 18.0 Å². The quantitative estimate of drug-likeness (QED) is 0.699. The highest BCUT2D eigenvalue weighted by molar-refractivity contribution is 7.89. The van der Waals surface area contributed by atoms with E-state index < -0.39 is 10.0 Å². The van der Waals surface area contributed by atoms with Crippen LogP contribution < -0.4 is 10.1 Å². The predicted molar refractivity (Wildman–Crippen MR) is 125 cm³/mol. The number of amides is 2. The molecule has 0 aliphatic carbocycles. The number of anilines is 1. The number of likely N-dealkylation sites (tertiary alicyclic amines) is 1. The van der Waals surface area contributed by atoms with E-state index >= 15 is 0 Å². The summed E-state index contributed by atoms with van der Waals surface area (Å²) < 4.78 is 33.0. The minimum absolute atomic E-state index is 0.00753. The fourth-order valence-corrected chi connectivity index (χ4v) is 6.10. The van der Waals surface area contributed by atoms with Gasteiger partial charge in [0, 0.05) is 37.4 Å². The van der Waals surface area contributed by atoms with Crippen molar-refractivity contribution in [3.8, 4) is 5.75 Å². The van der Waals surface area contributed by atoms with Gasteiger partial charge < -0.3 is 15.0 Å². The third-order valence-electron chi connectivity index (χ3n) is 6.21. The maximum atomic E-state index is 13.3. The molecule has 2 aromatic rings. The SMILES string of the molecule is COc1ccc(C(=O)N2CCC[C@H](C(=O)Nc3ccccc3)C2)cc1S(=O)(=O)N1CCCC1. The van der Waals surface area contributed by atoms with Crippen LogP contribution in [0.4, 0.5) is 5.69 Å². The summed E-state index contributed by atoms with van der Waals surface area (Å²) in [6.45, 7) is 1.74. The lowest BCUT2D eigenvalue weighted by Crippen LogP contribution is -2.43. The van der Waals surface area contributed by atoms with Crippen molar-refractivity contribution in [2.75, 3.05) is 38.6 Å². The molecule has 2 amide bonds. The fourth-order valence-electron chi connectivity index (χ4n) is 4.40. The lowest BCUT2D eigenvalue weighted by Gasteiger charge is -2.32. The van der Waals surface area contributed by atoms with Crippen LogP contribution in [0.3, 0.4) is 0 Å². The van der Waals surface area contributed by atoms with E-state index in [4.69, 9.17) is 4.74 Å². The number of hydrogen-bond acceptors (Lipinski definition) is 5. The second-order valence-corrected chi connectivity index (χ2v) is 10.3. The molecule has 0 aromatic heterocycles. The Morgan fingerprint density at radius 1 is 1.00 bits per heavy atom. The highest BCUT2D eigenvalue weighted by Crippen LogP contribution is 2.31. The largest absolute Gasteiger partial charge is 0.495 e. The van der Waals surface area contributed by atoms with E-state index in [0.717, 1.165) is 18.5 Å². The Morgan fingerprint density at radius 3 is 2.42 bits per heavy atom. The number of rotatable bonds is 6. The van der Waals surface area contributed by atoms with Crippen LogP contribution in [0.5, 0.6) is 5.75 Å². The molecule has 0 saturated carbocycles. The van der Waals surface area contributed by atoms with E-state index in [2.05, 4.69) is 5.32 Å². The number of benzene rings is 2. The Morgan fingerprint density at radius 2 is 1.73 bits per heavy atom. The number of nitrogens with zero attached hydrogens (tertiary/aromatic N) is 2. The Kier molecular flexibility index (Phi) is 6.99. The molecule has 176 valence electrons. The molecule has 2 heterocycles. The number of sulfonamides is 1. The Hall–Kier alpha value is -2.91. The normalized spacial score (nSPS) is 19.3. The molecule has 2 aromatic carbocycles. The van der Waals surface area contributed by atoms with Gasteiger partial charge in [-0.1, -0.05) is 18.2 Å². The minimum atomic E-state index is -3.75. The second-order valence-electron chi connectivity index (χ2n) is 8.42. The lowest BCUT2D eigenvalue weighted by molar-refractivity contribution is -0.121. The van der Waals surface area contributed by atoms with Crippen LogP contribution in [-0.2, 0) is 14.8 Å². The summed E-state index contributed by atoms with van der Waals surface area (Å²) >= 11 is 0. The summed E-state index contributed by atoms with van der Waals surface area (Å²) in [7, 11) is -2.34. The van der Waals surface area contributed by atoms with E-state index in [1.54, 1.807) is 11.0 Å². The van der Waals surface area contributed by atoms with Gasteiger partial charge in [-0.05, 0) is 56.0 Å². The van der Waals surface area contributed by atoms with E-state index in [-0.39, 0.29) is 40.5 Å². The molecule has 1 atom stereocenters. The maximum absolute atomic E-state index is 13.3. The van der Waals surface area contributed by atoms with Gasteiger partial charge in [0.05, 0.1) is 13.0 Å². The van der Waals surface area contributed by atoms with Crippen molar-refractivity contribution in [3.05, 3.63) is 54.1 Å². The van der Waals surface area contributed by atoms with E-state index in [1.165, 1.54) is 23.5 Å². The number of para-hydroxylation sites is 1. The van der Waals surface area contributed by atoms with Crippen molar-refractivity contribution < 1.29 is 22.7 Å². The van der Waals surface area contributed by atoms with Crippen molar-refractivity contribution in [1.82, 2.24) is 9.21 Å². The topological polar surface area (TPSA) is 96.0 Å². The summed E-state index contributed by atoms with van der Waals surface area (Å²) in [5.74, 6) is -0.510. The molecule has 0 spiro atoms. The van der Waals surface area contributed by atoms with E-state index in [1.807, 2.05) is 30.3 Å². The van der Waals surface area contributed by atoms with Gasteiger partial charge in [0.2, 0.25) is 15.9 Å². The van der Waals surface area contributed by atoms with Crippen LogP contribution >= 0.6 is 0 Å². The van der Waals surface area contributed by atoms with Gasteiger partial charge in [-0.2, -0.15) is 4.31 Å². The third-order valence-corrected chi connectivity index (χ3v) is 8.13. The van der Waals surface area contributed by atoms with Crippen LogP contribution in [-0.4, -0.2) is 62.7 Å². The molecule has 2 fully saturated rings. The zero-order valence-electron chi connectivity index (χ0n) is 18.7. The highest BCUT2D eigenvalue weighted by atomic mass is 32.2. The number of carbonyl (C=O) groups is 2. The van der Waals surface area contributed by atoms with Crippen molar-refractivity contribution in [2.45, 2.75) is 30.6 Å². The Bertz CT molecular complexity index is 1110. The minimum Gasteiger partial charge on any atom is -0.495 e. The summed E-state index contributed by atoms with van der Waals surface area (Å²) in [4.78, 5) is 27.6. The molecule has 4 rings (SSSR count). The fraction of sp³-hybridized carbons (Fsp3) is 0.417. The molecule has 33 heavy (non-hydrogen) atoms. The highest BCUT2D eigenvalue weighted by Gasteiger charge is 2.33. The van der Waals surface area contributed by atoms with Gasteiger partial charge >= 0.3 is 0 Å². The molecular weight excluding hydrogens is 442 g/mol. The van der Waals surface area contributed by atoms with Crippen molar-refractivity contribution in [1.29, 1.82) is 0 Å². The number of carbonyl (C=O) groups excluding carboxylic acids is 2.